The Morgan fingerprint density at radius 1 is 1.00 bits per heavy atom. The smallest absolute Gasteiger partial charge is 0.248 e. The number of nitrogens with two attached hydrogens (primary N) is 1. The van der Waals surface area contributed by atoms with Gasteiger partial charge in [-0.3, -0.25) is 4.79 Å². The highest BCUT2D eigenvalue weighted by molar-refractivity contribution is 5.94. The van der Waals surface area contributed by atoms with E-state index in [9.17, 15) is 9.90 Å². The molecule has 156 valence electrons. The van der Waals surface area contributed by atoms with Gasteiger partial charge in [0.2, 0.25) is 5.91 Å². The van der Waals surface area contributed by atoms with E-state index in [0.29, 0.717) is 25.1 Å². The minimum atomic E-state index is -0.698. The van der Waals surface area contributed by atoms with Gasteiger partial charge in [-0.15, -0.1) is 0 Å². The van der Waals surface area contributed by atoms with Crippen molar-refractivity contribution in [2.75, 3.05) is 13.7 Å². The van der Waals surface area contributed by atoms with Crippen molar-refractivity contribution in [2.45, 2.75) is 25.0 Å². The summed E-state index contributed by atoms with van der Waals surface area (Å²) in [5.74, 6) is 0.0429. The third-order valence-electron chi connectivity index (χ3n) is 5.21. The molecule has 4 N–H and O–H groups in total. The van der Waals surface area contributed by atoms with Crippen LogP contribution in [0, 0.1) is 0 Å². The van der Waals surface area contributed by atoms with Crippen molar-refractivity contribution in [1.82, 2.24) is 5.32 Å². The maximum atomic E-state index is 12.0. The number of amides is 1. The first kappa shape index (κ1) is 21.6. The van der Waals surface area contributed by atoms with Crippen molar-refractivity contribution in [2.24, 2.45) is 5.73 Å². The fourth-order valence-corrected chi connectivity index (χ4v) is 3.66. The zero-order valence-electron chi connectivity index (χ0n) is 17.1. The number of aliphatic hydroxyl groups is 1. The SMILES string of the molecule is COc1cccc(CNC[C@H](O)[C@@H](Cc2ccccc2)c2ccccc2C(N)=O)c1. The number of carbonyl (C=O) groups is 1. The monoisotopic (exact) mass is 404 g/mol. The van der Waals surface area contributed by atoms with Crippen LogP contribution in [0.25, 0.3) is 0 Å². The number of hydrogen-bond acceptors (Lipinski definition) is 4. The minimum Gasteiger partial charge on any atom is -0.497 e. The van der Waals surface area contributed by atoms with Crippen LogP contribution in [0.2, 0.25) is 0 Å². The third-order valence-corrected chi connectivity index (χ3v) is 5.21. The summed E-state index contributed by atoms with van der Waals surface area (Å²) in [6, 6.07) is 25.0. The molecule has 0 saturated carbocycles. The van der Waals surface area contributed by atoms with Gasteiger partial charge in [-0.25, -0.2) is 0 Å². The van der Waals surface area contributed by atoms with E-state index in [0.717, 1.165) is 22.4 Å². The standard InChI is InChI=1S/C25H28N2O3/c1-30-20-11-7-10-19(14-20)16-27-17-24(28)23(15-18-8-3-2-4-9-18)21-12-5-6-13-22(21)25(26)29/h2-14,23-24,27-28H,15-17H2,1H3,(H2,26,29)/t23-,24-/m0/s1. The van der Waals surface area contributed by atoms with E-state index in [-0.39, 0.29) is 5.92 Å². The summed E-state index contributed by atoms with van der Waals surface area (Å²) in [6.07, 6.45) is -0.0936. The molecule has 5 heteroatoms. The Bertz CT molecular complexity index is 959. The van der Waals surface area contributed by atoms with Gasteiger partial charge in [-0.2, -0.15) is 0 Å². The molecule has 0 spiro atoms. The van der Waals surface area contributed by atoms with Gasteiger partial charge in [-0.05, 0) is 41.3 Å². The number of primary amides is 1. The maximum absolute atomic E-state index is 12.0. The summed E-state index contributed by atoms with van der Waals surface area (Å²) in [6.45, 7) is 0.978. The molecule has 0 aliphatic carbocycles. The summed E-state index contributed by atoms with van der Waals surface area (Å²) < 4.78 is 5.26. The molecule has 0 bridgehead atoms. The number of benzene rings is 3. The van der Waals surface area contributed by atoms with Crippen molar-refractivity contribution < 1.29 is 14.6 Å². The first-order valence-corrected chi connectivity index (χ1v) is 10.0. The summed E-state index contributed by atoms with van der Waals surface area (Å²) >= 11 is 0. The molecule has 3 aromatic carbocycles. The average molecular weight is 405 g/mol. The molecule has 1 amide bonds. The normalized spacial score (nSPS) is 12.9. The number of ether oxygens (including phenoxy) is 1. The summed E-state index contributed by atoms with van der Waals surface area (Å²) in [7, 11) is 1.64. The molecule has 0 aliphatic heterocycles. The highest BCUT2D eigenvalue weighted by Gasteiger charge is 2.25. The second kappa shape index (κ2) is 10.6. The summed E-state index contributed by atoms with van der Waals surface area (Å²) in [5.41, 5.74) is 8.98. The van der Waals surface area contributed by atoms with Gasteiger partial charge in [-0.1, -0.05) is 60.7 Å². The van der Waals surface area contributed by atoms with Gasteiger partial charge in [0, 0.05) is 24.6 Å². The van der Waals surface area contributed by atoms with Crippen molar-refractivity contribution >= 4 is 5.91 Å². The van der Waals surface area contributed by atoms with Gasteiger partial charge < -0.3 is 20.9 Å². The van der Waals surface area contributed by atoms with Crippen LogP contribution in [0.3, 0.4) is 0 Å². The van der Waals surface area contributed by atoms with E-state index in [1.807, 2.05) is 66.7 Å². The average Bonchev–Trinajstić information content (AvgIpc) is 2.78. The van der Waals surface area contributed by atoms with Gasteiger partial charge in [0.1, 0.15) is 5.75 Å². The van der Waals surface area contributed by atoms with Crippen LogP contribution in [0.4, 0.5) is 0 Å². The van der Waals surface area contributed by atoms with Gasteiger partial charge in [0.25, 0.3) is 0 Å². The van der Waals surface area contributed by atoms with Crippen LogP contribution in [-0.4, -0.2) is 30.8 Å². The van der Waals surface area contributed by atoms with Crippen LogP contribution in [-0.2, 0) is 13.0 Å². The topological polar surface area (TPSA) is 84.6 Å². The lowest BCUT2D eigenvalue weighted by Crippen LogP contribution is -2.33. The summed E-state index contributed by atoms with van der Waals surface area (Å²) in [5, 5.41) is 14.4. The van der Waals surface area contributed by atoms with Crippen LogP contribution in [0.1, 0.15) is 33.0 Å². The lowest BCUT2D eigenvalue weighted by Gasteiger charge is -2.25. The van der Waals surface area contributed by atoms with E-state index in [1.165, 1.54) is 0 Å². The van der Waals surface area contributed by atoms with E-state index < -0.39 is 12.0 Å². The number of aliphatic hydroxyl groups excluding tert-OH is 1. The molecule has 0 heterocycles. The highest BCUT2D eigenvalue weighted by atomic mass is 16.5. The third kappa shape index (κ3) is 5.69. The first-order chi connectivity index (χ1) is 14.6. The zero-order valence-corrected chi connectivity index (χ0v) is 17.1. The number of nitrogens with one attached hydrogen (secondary N) is 1. The molecule has 0 aliphatic rings. The number of carbonyl (C=O) groups excluding carboxylic acids is 1. The highest BCUT2D eigenvalue weighted by Crippen LogP contribution is 2.27. The number of methoxy groups -OCH3 is 1. The van der Waals surface area contributed by atoms with E-state index in [2.05, 4.69) is 5.32 Å². The first-order valence-electron chi connectivity index (χ1n) is 10.0. The molecule has 0 radical (unpaired) electrons. The Labute approximate surface area is 177 Å². The molecule has 3 aromatic rings. The Hall–Kier alpha value is -3.15. The molecular formula is C25H28N2O3. The van der Waals surface area contributed by atoms with Crippen LogP contribution in [0.15, 0.2) is 78.9 Å². The van der Waals surface area contributed by atoms with E-state index >= 15 is 0 Å². The lowest BCUT2D eigenvalue weighted by molar-refractivity contribution is 0.0995. The van der Waals surface area contributed by atoms with Crippen LogP contribution < -0.4 is 15.8 Å². The van der Waals surface area contributed by atoms with E-state index in [1.54, 1.807) is 19.2 Å². The van der Waals surface area contributed by atoms with Crippen LogP contribution >= 0.6 is 0 Å². The largest absolute Gasteiger partial charge is 0.497 e. The Balaban J connectivity index is 1.76. The molecule has 0 saturated heterocycles. The summed E-state index contributed by atoms with van der Waals surface area (Å²) in [4.78, 5) is 12.0. The Morgan fingerprint density at radius 2 is 1.70 bits per heavy atom. The fraction of sp³-hybridized carbons (Fsp3) is 0.240. The molecule has 2 atom stereocenters. The van der Waals surface area contributed by atoms with Crippen molar-refractivity contribution in [1.29, 1.82) is 0 Å². The number of rotatable bonds is 10. The second-order valence-electron chi connectivity index (χ2n) is 7.30. The lowest BCUT2D eigenvalue weighted by atomic mass is 9.84. The van der Waals surface area contributed by atoms with Crippen molar-refractivity contribution in [3.05, 3.63) is 101 Å². The van der Waals surface area contributed by atoms with Crippen molar-refractivity contribution in [3.8, 4) is 5.75 Å². The second-order valence-corrected chi connectivity index (χ2v) is 7.30. The molecule has 5 nitrogen and oxygen atoms in total. The molecule has 0 aromatic heterocycles. The predicted octanol–water partition coefficient (Wildman–Crippen LogP) is 3.27. The zero-order chi connectivity index (χ0) is 21.3. The molecule has 0 fully saturated rings. The van der Waals surface area contributed by atoms with Gasteiger partial charge in [0.05, 0.1) is 13.2 Å². The predicted molar refractivity (Wildman–Crippen MR) is 119 cm³/mol. The quantitative estimate of drug-likeness (QED) is 0.484. The van der Waals surface area contributed by atoms with Crippen molar-refractivity contribution in [3.63, 3.8) is 0 Å². The molecule has 3 rings (SSSR count). The molecule has 0 unspecified atom stereocenters. The minimum absolute atomic E-state index is 0.270. The van der Waals surface area contributed by atoms with Gasteiger partial charge >= 0.3 is 0 Å². The van der Waals surface area contributed by atoms with Crippen LogP contribution in [0.5, 0.6) is 5.75 Å². The Kier molecular flexibility index (Phi) is 7.60. The maximum Gasteiger partial charge on any atom is 0.248 e. The van der Waals surface area contributed by atoms with E-state index in [4.69, 9.17) is 10.5 Å². The number of hydrogen-bond donors (Lipinski definition) is 3. The van der Waals surface area contributed by atoms with Gasteiger partial charge in [0.15, 0.2) is 0 Å². The molecular weight excluding hydrogens is 376 g/mol. The Morgan fingerprint density at radius 3 is 2.43 bits per heavy atom. The molecule has 30 heavy (non-hydrogen) atoms. The fourth-order valence-electron chi connectivity index (χ4n) is 3.66.